The summed E-state index contributed by atoms with van der Waals surface area (Å²) in [6.45, 7) is 0. The molecule has 3 heterocycles. The lowest BCUT2D eigenvalue weighted by molar-refractivity contribution is 0.670. The van der Waals surface area contributed by atoms with Gasteiger partial charge in [-0.15, -0.1) is 0 Å². The van der Waals surface area contributed by atoms with Gasteiger partial charge < -0.3 is 8.98 Å². The van der Waals surface area contributed by atoms with Crippen LogP contribution in [0.4, 0.5) is 0 Å². The summed E-state index contributed by atoms with van der Waals surface area (Å²) in [6, 6.07) is 42.9. The van der Waals surface area contributed by atoms with Crippen LogP contribution in [0.2, 0.25) is 0 Å². The first-order valence-electron chi connectivity index (χ1n) is 22.1. The van der Waals surface area contributed by atoms with Crippen molar-refractivity contribution in [3.05, 3.63) is 194 Å². The standard InChI is InChI=1S/C51H32N4O/c1-4-15-33(16-5-1)38-23-14-24-41-43-31-36(28-30-47(43)56-48(38)41)37-27-29-42(46(32-37)55-44-25-12-10-21-39(44)40-22-11-13-26-45(40)55)51-53-49(34-17-6-2-7-18-34)52-50(54-51)35-19-8-3-9-20-35/h1-32H/i10D,11D,12D,13D,21D,22D,25D,26D. The maximum absolute atomic E-state index is 9.33. The fourth-order valence-corrected chi connectivity index (χ4v) is 7.50. The van der Waals surface area contributed by atoms with Crippen molar-refractivity contribution in [2.24, 2.45) is 0 Å². The van der Waals surface area contributed by atoms with Gasteiger partial charge in [-0.3, -0.25) is 0 Å². The van der Waals surface area contributed by atoms with Crippen molar-refractivity contribution in [2.75, 3.05) is 0 Å². The lowest BCUT2D eigenvalue weighted by Crippen LogP contribution is -2.04. The highest BCUT2D eigenvalue weighted by Crippen LogP contribution is 2.41. The van der Waals surface area contributed by atoms with E-state index in [1.165, 1.54) is 4.57 Å². The molecule has 56 heavy (non-hydrogen) atoms. The van der Waals surface area contributed by atoms with Gasteiger partial charge in [0.1, 0.15) is 11.2 Å². The molecule has 0 saturated carbocycles. The van der Waals surface area contributed by atoms with Crippen LogP contribution in [0.15, 0.2) is 198 Å². The van der Waals surface area contributed by atoms with Crippen LogP contribution in [0.5, 0.6) is 0 Å². The summed E-state index contributed by atoms with van der Waals surface area (Å²) in [5.41, 5.74) is 7.11. The molecule has 0 aliphatic heterocycles. The highest BCUT2D eigenvalue weighted by molar-refractivity contribution is 6.11. The van der Waals surface area contributed by atoms with Gasteiger partial charge >= 0.3 is 0 Å². The van der Waals surface area contributed by atoms with Crippen LogP contribution in [-0.4, -0.2) is 19.5 Å². The molecule has 0 spiro atoms. The molecule has 11 rings (SSSR count). The zero-order valence-electron chi connectivity index (χ0n) is 37.6. The molecule has 262 valence electrons. The molecular weight excluding hydrogens is 685 g/mol. The molecule has 5 nitrogen and oxygen atoms in total. The molecule has 0 fully saturated rings. The second-order valence-electron chi connectivity index (χ2n) is 13.4. The maximum atomic E-state index is 9.33. The molecule has 0 radical (unpaired) electrons. The Morgan fingerprint density at radius 2 is 0.964 bits per heavy atom. The normalized spacial score (nSPS) is 13.6. The summed E-state index contributed by atoms with van der Waals surface area (Å²) in [5, 5.41) is 1.75. The number of furan rings is 1. The van der Waals surface area contributed by atoms with Crippen molar-refractivity contribution in [3.63, 3.8) is 0 Å². The Bertz CT molecular complexity index is 3570. The Balaban J connectivity index is 1.24. The average Bonchev–Trinajstić information content (AvgIpc) is 3.91. The van der Waals surface area contributed by atoms with Crippen molar-refractivity contribution in [3.8, 4) is 62.1 Å². The van der Waals surface area contributed by atoms with Crippen LogP contribution in [0, 0.1) is 0 Å². The minimum Gasteiger partial charge on any atom is -0.455 e. The van der Waals surface area contributed by atoms with E-state index in [1.54, 1.807) is 0 Å². The van der Waals surface area contributed by atoms with Crippen LogP contribution in [-0.2, 0) is 0 Å². The van der Waals surface area contributed by atoms with Gasteiger partial charge in [-0.25, -0.2) is 15.0 Å². The third-order valence-electron chi connectivity index (χ3n) is 10.1. The highest BCUT2D eigenvalue weighted by atomic mass is 16.3. The molecule has 0 atom stereocenters. The molecule has 0 amide bonds. The minimum atomic E-state index is -0.522. The highest BCUT2D eigenvalue weighted by Gasteiger charge is 2.21. The number of hydrogen-bond acceptors (Lipinski definition) is 4. The summed E-state index contributed by atoms with van der Waals surface area (Å²) in [6.07, 6.45) is 0. The molecule has 0 saturated heterocycles. The van der Waals surface area contributed by atoms with Crippen molar-refractivity contribution in [1.82, 2.24) is 19.5 Å². The number of nitrogens with zero attached hydrogens (tertiary/aromatic N) is 4. The molecule has 0 aliphatic rings. The first kappa shape index (κ1) is 24.6. The molecular formula is C51H32N4O. The maximum Gasteiger partial charge on any atom is 0.166 e. The van der Waals surface area contributed by atoms with Crippen LogP contribution in [0.25, 0.3) is 106 Å². The predicted octanol–water partition coefficient (Wildman–Crippen LogP) is 13.2. The van der Waals surface area contributed by atoms with Crippen molar-refractivity contribution < 1.29 is 15.4 Å². The van der Waals surface area contributed by atoms with E-state index in [9.17, 15) is 2.74 Å². The monoisotopic (exact) mass is 724 g/mol. The molecule has 0 aliphatic carbocycles. The van der Waals surface area contributed by atoms with Gasteiger partial charge in [0.2, 0.25) is 0 Å². The third-order valence-corrected chi connectivity index (χ3v) is 10.1. The molecule has 8 aromatic carbocycles. The smallest absolute Gasteiger partial charge is 0.166 e. The minimum absolute atomic E-state index is 0.0169. The first-order chi connectivity index (χ1) is 31.1. The Morgan fingerprint density at radius 1 is 0.411 bits per heavy atom. The van der Waals surface area contributed by atoms with Crippen LogP contribution in [0.3, 0.4) is 0 Å². The molecule has 0 unspecified atom stereocenters. The van der Waals surface area contributed by atoms with Crippen LogP contribution < -0.4 is 0 Å². The van der Waals surface area contributed by atoms with Gasteiger partial charge in [-0.1, -0.05) is 158 Å². The molecule has 0 N–H and O–H groups in total. The summed E-state index contributed by atoms with van der Waals surface area (Å²) < 4.78 is 79.8. The fourth-order valence-electron chi connectivity index (χ4n) is 7.50. The first-order valence-corrected chi connectivity index (χ1v) is 18.1. The Labute approximate surface area is 334 Å². The van der Waals surface area contributed by atoms with Gasteiger partial charge in [0.15, 0.2) is 17.5 Å². The summed E-state index contributed by atoms with van der Waals surface area (Å²) in [4.78, 5) is 14.9. The largest absolute Gasteiger partial charge is 0.455 e. The Morgan fingerprint density at radius 3 is 1.61 bits per heavy atom. The van der Waals surface area contributed by atoms with Crippen LogP contribution in [0.1, 0.15) is 11.0 Å². The number of benzene rings is 8. The van der Waals surface area contributed by atoms with Gasteiger partial charge in [0, 0.05) is 43.8 Å². The fraction of sp³-hybridized carbons (Fsp3) is 0. The molecule has 0 bridgehead atoms. The number of aromatic nitrogens is 4. The Kier molecular flexibility index (Phi) is 5.74. The second kappa shape index (κ2) is 13.0. The number of rotatable bonds is 6. The zero-order valence-corrected chi connectivity index (χ0v) is 29.6. The predicted molar refractivity (Wildman–Crippen MR) is 229 cm³/mol. The summed E-state index contributed by atoms with van der Waals surface area (Å²) in [5.74, 6) is 1.01. The number of hydrogen-bond donors (Lipinski definition) is 0. The Hall–Kier alpha value is -7.63. The summed E-state index contributed by atoms with van der Waals surface area (Å²) in [7, 11) is 0. The van der Waals surface area contributed by atoms with Gasteiger partial charge in [-0.05, 0) is 53.0 Å². The lowest BCUT2D eigenvalue weighted by atomic mass is 9.98. The van der Waals surface area contributed by atoms with Gasteiger partial charge in [0.25, 0.3) is 0 Å². The third kappa shape index (κ3) is 5.29. The van der Waals surface area contributed by atoms with E-state index in [0.29, 0.717) is 34.0 Å². The van der Waals surface area contributed by atoms with Crippen molar-refractivity contribution in [2.45, 2.75) is 0 Å². The van der Waals surface area contributed by atoms with E-state index in [-0.39, 0.29) is 27.6 Å². The van der Waals surface area contributed by atoms with Gasteiger partial charge in [0.05, 0.1) is 27.7 Å². The van der Waals surface area contributed by atoms with Gasteiger partial charge in [-0.2, -0.15) is 0 Å². The molecule has 3 aromatic heterocycles. The lowest BCUT2D eigenvalue weighted by Gasteiger charge is -2.16. The van der Waals surface area contributed by atoms with E-state index in [2.05, 4.69) is 0 Å². The summed E-state index contributed by atoms with van der Waals surface area (Å²) >= 11 is 0. The SMILES string of the molecule is [2H]c1c([2H])c([2H])c2c(c1[2H])c1c([2H])c([2H])c([2H])c([2H])c1n2-c1cc(-c2ccc3oc4c(-c5ccccc5)cccc4c3c2)ccc1-c1nc(-c2ccccc2)nc(-c2ccccc2)n1. The van der Waals surface area contributed by atoms with E-state index in [0.717, 1.165) is 44.2 Å². The van der Waals surface area contributed by atoms with Crippen molar-refractivity contribution >= 4 is 43.7 Å². The van der Waals surface area contributed by atoms with E-state index in [1.807, 2.05) is 146 Å². The second-order valence-corrected chi connectivity index (χ2v) is 13.4. The quantitative estimate of drug-likeness (QED) is 0.171. The zero-order chi connectivity index (χ0) is 44.0. The number of para-hydroxylation sites is 3. The van der Waals surface area contributed by atoms with Crippen LogP contribution >= 0.6 is 0 Å². The number of fused-ring (bicyclic) bond motifs is 6. The van der Waals surface area contributed by atoms with E-state index >= 15 is 0 Å². The average molecular weight is 725 g/mol. The van der Waals surface area contributed by atoms with Crippen molar-refractivity contribution in [1.29, 1.82) is 0 Å². The van der Waals surface area contributed by atoms with E-state index < -0.39 is 48.3 Å². The van der Waals surface area contributed by atoms with E-state index in [4.69, 9.17) is 27.6 Å². The topological polar surface area (TPSA) is 56.7 Å². The molecule has 5 heteroatoms. The molecule has 11 aromatic rings.